The third kappa shape index (κ3) is 2.24. The lowest BCUT2D eigenvalue weighted by atomic mass is 10.1. The molecule has 10 heavy (non-hydrogen) atoms. The van der Waals surface area contributed by atoms with Crippen molar-refractivity contribution >= 4 is 18.2 Å². The predicted molar refractivity (Wildman–Crippen MR) is 39.2 cm³/mol. The highest BCUT2D eigenvalue weighted by molar-refractivity contribution is 7.81. The van der Waals surface area contributed by atoms with Crippen LogP contribution in [0, 0.1) is 0 Å². The fourth-order valence-electron chi connectivity index (χ4n) is 0.768. The number of rotatable bonds is 0. The summed E-state index contributed by atoms with van der Waals surface area (Å²) in [5, 5.41) is 0. The smallest absolute Gasteiger partial charge is 0.297 e. The molecule has 0 spiro atoms. The Hall–Kier alpha value is 0.440. The minimum atomic E-state index is -3.24. The van der Waals surface area contributed by atoms with Gasteiger partial charge in [-0.3, -0.25) is 9.05 Å². The van der Waals surface area contributed by atoms with Crippen molar-refractivity contribution in [2.45, 2.75) is 25.9 Å². The van der Waals surface area contributed by atoms with E-state index in [1.165, 1.54) is 0 Å². The molecule has 0 saturated carbocycles. The van der Waals surface area contributed by atoms with E-state index in [1.807, 2.05) is 13.8 Å². The Morgan fingerprint density at radius 1 is 1.60 bits per heavy atom. The molecule has 0 N–H and O–H groups in total. The third-order valence-electron chi connectivity index (χ3n) is 1.31. The van der Waals surface area contributed by atoms with Crippen LogP contribution in [0.2, 0.25) is 0 Å². The van der Waals surface area contributed by atoms with Gasteiger partial charge < -0.3 is 0 Å². The van der Waals surface area contributed by atoms with Gasteiger partial charge in [-0.25, -0.2) is 4.57 Å². The van der Waals surface area contributed by atoms with Crippen molar-refractivity contribution in [3.63, 3.8) is 0 Å². The molecule has 1 fully saturated rings. The van der Waals surface area contributed by atoms with E-state index >= 15 is 0 Å². The molecule has 1 aliphatic heterocycles. The zero-order chi connectivity index (χ0) is 7.83. The third-order valence-corrected chi connectivity index (χ3v) is 3.01. The van der Waals surface area contributed by atoms with Gasteiger partial charge in [0, 0.05) is 17.7 Å². The van der Waals surface area contributed by atoms with E-state index in [0.717, 1.165) is 6.42 Å². The standard InChI is InChI=1S/C5H10ClO3P/c1-5(2)3-4-8-10(6,7)9-5/h3-4H2,1-2H3. The first-order valence-electron chi connectivity index (χ1n) is 3.06. The van der Waals surface area contributed by atoms with Crippen LogP contribution >= 0.6 is 18.2 Å². The zero-order valence-electron chi connectivity index (χ0n) is 5.96. The average Bonchev–Trinajstić information content (AvgIpc) is 1.56. The Morgan fingerprint density at radius 2 is 2.20 bits per heavy atom. The van der Waals surface area contributed by atoms with E-state index in [1.54, 1.807) is 0 Å². The van der Waals surface area contributed by atoms with Gasteiger partial charge in [-0.2, -0.15) is 0 Å². The molecule has 0 aromatic heterocycles. The minimum Gasteiger partial charge on any atom is -0.297 e. The van der Waals surface area contributed by atoms with Crippen molar-refractivity contribution in [2.24, 2.45) is 0 Å². The molecule has 60 valence electrons. The molecule has 1 atom stereocenters. The van der Waals surface area contributed by atoms with Crippen LogP contribution in [-0.2, 0) is 13.6 Å². The monoisotopic (exact) mass is 184 g/mol. The first-order valence-corrected chi connectivity index (χ1v) is 5.51. The van der Waals surface area contributed by atoms with Gasteiger partial charge >= 0.3 is 6.95 Å². The second-order valence-electron chi connectivity index (χ2n) is 2.86. The van der Waals surface area contributed by atoms with E-state index < -0.39 is 12.5 Å². The molecule has 1 unspecified atom stereocenters. The maximum atomic E-state index is 11.0. The van der Waals surface area contributed by atoms with Crippen molar-refractivity contribution in [2.75, 3.05) is 6.61 Å². The van der Waals surface area contributed by atoms with E-state index in [0.29, 0.717) is 6.61 Å². The summed E-state index contributed by atoms with van der Waals surface area (Å²) in [6.07, 6.45) is 0.726. The minimum absolute atomic E-state index is 0.407. The molecule has 0 aliphatic carbocycles. The lowest BCUT2D eigenvalue weighted by Gasteiger charge is -2.31. The van der Waals surface area contributed by atoms with Crippen LogP contribution < -0.4 is 0 Å². The Morgan fingerprint density at radius 3 is 2.50 bits per heavy atom. The van der Waals surface area contributed by atoms with Gasteiger partial charge in [0.25, 0.3) is 0 Å². The number of hydrogen-bond acceptors (Lipinski definition) is 3. The Balaban J connectivity index is 2.66. The molecule has 3 nitrogen and oxygen atoms in total. The summed E-state index contributed by atoms with van der Waals surface area (Å²) in [6, 6.07) is 0. The van der Waals surface area contributed by atoms with E-state index in [4.69, 9.17) is 20.3 Å². The van der Waals surface area contributed by atoms with Crippen LogP contribution in [0.4, 0.5) is 0 Å². The first-order chi connectivity index (χ1) is 4.41. The Kier molecular flexibility index (Phi) is 2.12. The fraction of sp³-hybridized carbons (Fsp3) is 1.00. The highest BCUT2D eigenvalue weighted by atomic mass is 35.7. The van der Waals surface area contributed by atoms with Crippen molar-refractivity contribution in [3.8, 4) is 0 Å². The Labute approximate surface area is 65.0 Å². The summed E-state index contributed by atoms with van der Waals surface area (Å²) < 4.78 is 20.6. The molecule has 1 heterocycles. The number of halogens is 1. The number of hydrogen-bond donors (Lipinski definition) is 0. The van der Waals surface area contributed by atoms with Gasteiger partial charge in [-0.1, -0.05) is 0 Å². The van der Waals surface area contributed by atoms with E-state index in [2.05, 4.69) is 0 Å². The molecule has 0 aromatic carbocycles. The highest BCUT2D eigenvalue weighted by Crippen LogP contribution is 2.59. The van der Waals surface area contributed by atoms with Crippen molar-refractivity contribution in [1.29, 1.82) is 0 Å². The van der Waals surface area contributed by atoms with Crippen LogP contribution in [0.3, 0.4) is 0 Å². The summed E-state index contributed by atoms with van der Waals surface area (Å²) in [5.74, 6) is 0. The lowest BCUT2D eigenvalue weighted by Crippen LogP contribution is -2.28. The molecule has 1 saturated heterocycles. The maximum Gasteiger partial charge on any atom is 0.424 e. The summed E-state index contributed by atoms with van der Waals surface area (Å²) in [4.78, 5) is 0. The van der Waals surface area contributed by atoms with Gasteiger partial charge in [0.15, 0.2) is 0 Å². The zero-order valence-corrected chi connectivity index (χ0v) is 7.61. The molecule has 0 bridgehead atoms. The van der Waals surface area contributed by atoms with Crippen LogP contribution in [0.5, 0.6) is 0 Å². The van der Waals surface area contributed by atoms with Crippen molar-refractivity contribution < 1.29 is 13.6 Å². The van der Waals surface area contributed by atoms with Crippen LogP contribution in [0.15, 0.2) is 0 Å². The first kappa shape index (κ1) is 8.54. The largest absolute Gasteiger partial charge is 0.424 e. The normalized spacial score (nSPS) is 39.5. The average molecular weight is 185 g/mol. The van der Waals surface area contributed by atoms with Gasteiger partial charge in [-0.05, 0) is 13.8 Å². The highest BCUT2D eigenvalue weighted by Gasteiger charge is 2.36. The van der Waals surface area contributed by atoms with Crippen LogP contribution in [0.25, 0.3) is 0 Å². The molecular formula is C5H10ClO3P. The molecule has 5 heteroatoms. The summed E-state index contributed by atoms with van der Waals surface area (Å²) >= 11 is 5.37. The molecule has 0 aromatic rings. The molecular weight excluding hydrogens is 174 g/mol. The lowest BCUT2D eigenvalue weighted by molar-refractivity contribution is 0.0272. The molecule has 0 amide bonds. The Bertz CT molecular complexity index is 180. The second kappa shape index (κ2) is 2.49. The topological polar surface area (TPSA) is 35.5 Å². The molecule has 1 aliphatic rings. The molecule has 0 radical (unpaired) electrons. The van der Waals surface area contributed by atoms with Crippen LogP contribution in [-0.4, -0.2) is 12.2 Å². The molecule has 1 rings (SSSR count). The van der Waals surface area contributed by atoms with Gasteiger partial charge in [-0.15, -0.1) is 0 Å². The van der Waals surface area contributed by atoms with Crippen molar-refractivity contribution in [3.05, 3.63) is 0 Å². The summed E-state index contributed by atoms with van der Waals surface area (Å²) in [6.45, 7) is 0.850. The van der Waals surface area contributed by atoms with Crippen LogP contribution in [0.1, 0.15) is 20.3 Å². The second-order valence-corrected chi connectivity index (χ2v) is 5.41. The summed E-state index contributed by atoms with van der Waals surface area (Å²) in [7, 11) is 0. The fourth-order valence-corrected chi connectivity index (χ4v) is 2.58. The van der Waals surface area contributed by atoms with E-state index in [9.17, 15) is 4.57 Å². The maximum absolute atomic E-state index is 11.0. The SMILES string of the molecule is CC1(C)CCOP(=O)(Cl)O1. The van der Waals surface area contributed by atoms with E-state index in [-0.39, 0.29) is 0 Å². The quantitative estimate of drug-likeness (QED) is 0.543. The summed E-state index contributed by atoms with van der Waals surface area (Å²) in [5.41, 5.74) is -0.407. The van der Waals surface area contributed by atoms with Gasteiger partial charge in [0.05, 0.1) is 12.2 Å². The predicted octanol–water partition coefficient (Wildman–Crippen LogP) is 2.55. The van der Waals surface area contributed by atoms with Gasteiger partial charge in [0.2, 0.25) is 0 Å². The van der Waals surface area contributed by atoms with Crippen molar-refractivity contribution in [1.82, 2.24) is 0 Å². The van der Waals surface area contributed by atoms with Gasteiger partial charge in [0.1, 0.15) is 0 Å².